The quantitative estimate of drug-likeness (QED) is 0.857. The third kappa shape index (κ3) is 4.27. The molecule has 1 saturated heterocycles. The van der Waals surface area contributed by atoms with Gasteiger partial charge in [-0.05, 0) is 32.1 Å². The van der Waals surface area contributed by atoms with Gasteiger partial charge in [-0.25, -0.2) is 0 Å². The molecule has 1 atom stereocenters. The van der Waals surface area contributed by atoms with Crippen molar-refractivity contribution >= 4 is 0 Å². The Balaban J connectivity index is 1.90. The first kappa shape index (κ1) is 15.4. The van der Waals surface area contributed by atoms with Crippen molar-refractivity contribution in [3.05, 3.63) is 29.6 Å². The first-order valence-corrected chi connectivity index (χ1v) is 7.84. The van der Waals surface area contributed by atoms with Crippen molar-refractivity contribution in [3.63, 3.8) is 0 Å². The fourth-order valence-corrected chi connectivity index (χ4v) is 2.88. The number of hydrogen-bond acceptors (Lipinski definition) is 4. The van der Waals surface area contributed by atoms with Gasteiger partial charge in [0, 0.05) is 38.8 Å². The van der Waals surface area contributed by atoms with Crippen LogP contribution in [-0.4, -0.2) is 53.5 Å². The number of piperazine rings is 1. The lowest BCUT2D eigenvalue weighted by molar-refractivity contribution is 0.0826. The van der Waals surface area contributed by atoms with Gasteiger partial charge in [0.1, 0.15) is 0 Å². The summed E-state index contributed by atoms with van der Waals surface area (Å²) >= 11 is 0. The average Bonchev–Trinajstić information content (AvgIpc) is 2.46. The molecule has 0 bridgehead atoms. The highest BCUT2D eigenvalue weighted by atomic mass is 15.3. The van der Waals surface area contributed by atoms with Crippen molar-refractivity contribution in [1.82, 2.24) is 20.1 Å². The SMILES string of the molecule is CCNCc1cccc(CN2CCN(CC)C(C)C2)n1. The van der Waals surface area contributed by atoms with E-state index in [4.69, 9.17) is 4.98 Å². The summed E-state index contributed by atoms with van der Waals surface area (Å²) in [5, 5.41) is 3.33. The van der Waals surface area contributed by atoms with Gasteiger partial charge in [0.25, 0.3) is 0 Å². The van der Waals surface area contributed by atoms with Crippen LogP contribution >= 0.6 is 0 Å². The Morgan fingerprint density at radius 3 is 2.75 bits per heavy atom. The summed E-state index contributed by atoms with van der Waals surface area (Å²) < 4.78 is 0. The molecule has 2 rings (SSSR count). The first-order chi connectivity index (χ1) is 9.72. The summed E-state index contributed by atoms with van der Waals surface area (Å²) in [6, 6.07) is 7.02. The fourth-order valence-electron chi connectivity index (χ4n) is 2.88. The predicted molar refractivity (Wildman–Crippen MR) is 83.6 cm³/mol. The molecule has 1 aliphatic rings. The Morgan fingerprint density at radius 1 is 1.25 bits per heavy atom. The molecule has 1 aromatic rings. The van der Waals surface area contributed by atoms with Crippen LogP contribution in [0.15, 0.2) is 18.2 Å². The summed E-state index contributed by atoms with van der Waals surface area (Å²) in [7, 11) is 0. The molecule has 20 heavy (non-hydrogen) atoms. The number of nitrogens with one attached hydrogen (secondary N) is 1. The van der Waals surface area contributed by atoms with E-state index in [1.807, 2.05) is 0 Å². The Kier molecular flexibility index (Phi) is 5.95. The van der Waals surface area contributed by atoms with Crippen LogP contribution in [0, 0.1) is 0 Å². The number of likely N-dealkylation sites (N-methyl/N-ethyl adjacent to an activating group) is 1. The zero-order valence-electron chi connectivity index (χ0n) is 13.1. The van der Waals surface area contributed by atoms with E-state index in [2.05, 4.69) is 54.1 Å². The topological polar surface area (TPSA) is 31.4 Å². The van der Waals surface area contributed by atoms with Gasteiger partial charge in [0.05, 0.1) is 11.4 Å². The number of rotatable bonds is 6. The van der Waals surface area contributed by atoms with E-state index in [0.29, 0.717) is 6.04 Å². The van der Waals surface area contributed by atoms with Crippen LogP contribution in [0.3, 0.4) is 0 Å². The third-order valence-electron chi connectivity index (χ3n) is 4.06. The van der Waals surface area contributed by atoms with Crippen LogP contribution in [0.2, 0.25) is 0 Å². The van der Waals surface area contributed by atoms with Crippen LogP contribution < -0.4 is 5.32 Å². The molecular weight excluding hydrogens is 248 g/mol. The molecule has 0 aromatic carbocycles. The molecule has 0 aliphatic carbocycles. The van der Waals surface area contributed by atoms with Crippen molar-refractivity contribution in [1.29, 1.82) is 0 Å². The van der Waals surface area contributed by atoms with Crippen LogP contribution in [0.25, 0.3) is 0 Å². The molecule has 2 heterocycles. The molecule has 1 unspecified atom stereocenters. The van der Waals surface area contributed by atoms with Gasteiger partial charge in [0.15, 0.2) is 0 Å². The lowest BCUT2D eigenvalue weighted by Gasteiger charge is -2.39. The van der Waals surface area contributed by atoms with E-state index in [-0.39, 0.29) is 0 Å². The standard InChI is InChI=1S/C16H28N4/c1-4-17-11-15-7-6-8-16(18-15)13-19-9-10-20(5-2)14(3)12-19/h6-8,14,17H,4-5,9-13H2,1-3H3. The molecule has 1 fully saturated rings. The number of hydrogen-bond donors (Lipinski definition) is 1. The highest BCUT2D eigenvalue weighted by Gasteiger charge is 2.22. The second-order valence-corrected chi connectivity index (χ2v) is 5.61. The van der Waals surface area contributed by atoms with Crippen molar-refractivity contribution in [2.24, 2.45) is 0 Å². The van der Waals surface area contributed by atoms with E-state index < -0.39 is 0 Å². The van der Waals surface area contributed by atoms with Gasteiger partial charge in [0.2, 0.25) is 0 Å². The summed E-state index contributed by atoms with van der Waals surface area (Å²) in [4.78, 5) is 9.82. The maximum Gasteiger partial charge on any atom is 0.0547 e. The second-order valence-electron chi connectivity index (χ2n) is 5.61. The highest BCUT2D eigenvalue weighted by Crippen LogP contribution is 2.12. The summed E-state index contributed by atoms with van der Waals surface area (Å²) in [5.41, 5.74) is 2.34. The highest BCUT2D eigenvalue weighted by molar-refractivity contribution is 5.11. The average molecular weight is 276 g/mol. The first-order valence-electron chi connectivity index (χ1n) is 7.84. The molecular formula is C16H28N4. The van der Waals surface area contributed by atoms with E-state index in [1.165, 1.54) is 12.2 Å². The normalized spacial score (nSPS) is 21.2. The smallest absolute Gasteiger partial charge is 0.0547 e. The molecule has 0 spiro atoms. The van der Waals surface area contributed by atoms with Gasteiger partial charge in [-0.1, -0.05) is 19.9 Å². The molecule has 112 valence electrons. The lowest BCUT2D eigenvalue weighted by atomic mass is 10.2. The minimum absolute atomic E-state index is 0.652. The number of pyridine rings is 1. The van der Waals surface area contributed by atoms with E-state index in [9.17, 15) is 0 Å². The second kappa shape index (κ2) is 7.72. The summed E-state index contributed by atoms with van der Waals surface area (Å²) in [6.07, 6.45) is 0. The van der Waals surface area contributed by atoms with Crippen LogP contribution in [0.1, 0.15) is 32.2 Å². The maximum atomic E-state index is 4.75. The molecule has 1 aromatic heterocycles. The molecule has 0 saturated carbocycles. The number of aromatic nitrogens is 1. The Hall–Kier alpha value is -0.970. The van der Waals surface area contributed by atoms with Gasteiger partial charge in [-0.3, -0.25) is 14.8 Å². The zero-order chi connectivity index (χ0) is 14.4. The predicted octanol–water partition coefficient (Wildman–Crippen LogP) is 1.72. The Labute approximate surface area is 123 Å². The lowest BCUT2D eigenvalue weighted by Crippen LogP contribution is -2.51. The molecule has 0 radical (unpaired) electrons. The molecule has 4 nitrogen and oxygen atoms in total. The van der Waals surface area contributed by atoms with Crippen LogP contribution in [0.5, 0.6) is 0 Å². The number of nitrogens with zero attached hydrogens (tertiary/aromatic N) is 3. The van der Waals surface area contributed by atoms with Gasteiger partial charge in [-0.2, -0.15) is 0 Å². The van der Waals surface area contributed by atoms with Gasteiger partial charge in [-0.15, -0.1) is 0 Å². The van der Waals surface area contributed by atoms with E-state index in [0.717, 1.165) is 45.0 Å². The Bertz CT molecular complexity index is 407. The van der Waals surface area contributed by atoms with Crippen molar-refractivity contribution in [3.8, 4) is 0 Å². The third-order valence-corrected chi connectivity index (χ3v) is 4.06. The molecule has 1 aliphatic heterocycles. The molecule has 4 heteroatoms. The van der Waals surface area contributed by atoms with E-state index in [1.54, 1.807) is 0 Å². The van der Waals surface area contributed by atoms with Gasteiger partial charge < -0.3 is 5.32 Å². The van der Waals surface area contributed by atoms with Crippen LogP contribution in [0.4, 0.5) is 0 Å². The Morgan fingerprint density at radius 2 is 2.05 bits per heavy atom. The minimum atomic E-state index is 0.652. The van der Waals surface area contributed by atoms with Crippen molar-refractivity contribution < 1.29 is 0 Å². The maximum absolute atomic E-state index is 4.75. The fraction of sp³-hybridized carbons (Fsp3) is 0.688. The zero-order valence-corrected chi connectivity index (χ0v) is 13.1. The summed E-state index contributed by atoms with van der Waals surface area (Å²) in [5.74, 6) is 0. The molecule has 1 N–H and O–H groups in total. The van der Waals surface area contributed by atoms with Crippen LogP contribution in [-0.2, 0) is 13.1 Å². The van der Waals surface area contributed by atoms with E-state index >= 15 is 0 Å². The minimum Gasteiger partial charge on any atom is -0.311 e. The summed E-state index contributed by atoms with van der Waals surface area (Å²) in [6.45, 7) is 14.2. The van der Waals surface area contributed by atoms with Gasteiger partial charge >= 0.3 is 0 Å². The monoisotopic (exact) mass is 276 g/mol. The van der Waals surface area contributed by atoms with Crippen molar-refractivity contribution in [2.45, 2.75) is 39.9 Å². The van der Waals surface area contributed by atoms with Crippen molar-refractivity contribution in [2.75, 3.05) is 32.7 Å². The molecule has 0 amide bonds. The largest absolute Gasteiger partial charge is 0.311 e.